The predicted molar refractivity (Wildman–Crippen MR) is 160 cm³/mol. The topological polar surface area (TPSA) is 46.2 Å². The molecule has 0 amide bonds. The molecule has 0 bridgehead atoms. The summed E-state index contributed by atoms with van der Waals surface area (Å²) < 4.78 is 32.1. The first-order valence-corrected chi connectivity index (χ1v) is 15.5. The standard InChI is InChI=1S/C36H46O5/c1-25(2)35-17-15-29(21-33(35)37-23-39-35)31(19-27-11-7-5-8-12-27)41-32(20-28-13-9-6-10-14-28)30-16-18-36(26(3)4)34(22-30)38-24-40-36/h5-14,29-34H,1,3,15-24H2,2,4H3. The van der Waals surface area contributed by atoms with Gasteiger partial charge in [0.2, 0.25) is 0 Å². The van der Waals surface area contributed by atoms with Crippen molar-refractivity contribution in [3.63, 3.8) is 0 Å². The number of hydrogen-bond acceptors (Lipinski definition) is 5. The van der Waals surface area contributed by atoms with Gasteiger partial charge in [-0.25, -0.2) is 0 Å². The highest BCUT2D eigenvalue weighted by Gasteiger charge is 2.53. The van der Waals surface area contributed by atoms with Crippen LogP contribution in [-0.4, -0.2) is 49.2 Å². The van der Waals surface area contributed by atoms with Crippen LogP contribution in [0.4, 0.5) is 0 Å². The van der Waals surface area contributed by atoms with Gasteiger partial charge in [0.25, 0.3) is 0 Å². The molecule has 0 aromatic heterocycles. The molecule has 2 saturated carbocycles. The lowest BCUT2D eigenvalue weighted by atomic mass is 9.70. The van der Waals surface area contributed by atoms with Gasteiger partial charge in [-0.15, -0.1) is 0 Å². The van der Waals surface area contributed by atoms with Crippen LogP contribution in [0.3, 0.4) is 0 Å². The Hall–Kier alpha value is -2.28. The smallest absolute Gasteiger partial charge is 0.148 e. The number of hydrogen-bond donors (Lipinski definition) is 0. The second-order valence-electron chi connectivity index (χ2n) is 12.8. The van der Waals surface area contributed by atoms with Crippen molar-refractivity contribution in [1.29, 1.82) is 0 Å². The van der Waals surface area contributed by atoms with Crippen molar-refractivity contribution < 1.29 is 23.7 Å². The van der Waals surface area contributed by atoms with E-state index in [4.69, 9.17) is 23.7 Å². The molecule has 2 aliphatic carbocycles. The van der Waals surface area contributed by atoms with Crippen molar-refractivity contribution in [2.24, 2.45) is 11.8 Å². The molecule has 0 spiro atoms. The summed E-state index contributed by atoms with van der Waals surface area (Å²) in [5.74, 6) is 0.744. The van der Waals surface area contributed by atoms with Gasteiger partial charge < -0.3 is 23.7 Å². The Balaban J connectivity index is 1.27. The normalized spacial score (nSPS) is 34.4. The summed E-state index contributed by atoms with van der Waals surface area (Å²) >= 11 is 0. The van der Waals surface area contributed by atoms with Crippen molar-refractivity contribution in [2.75, 3.05) is 13.6 Å². The Morgan fingerprint density at radius 2 is 1.15 bits per heavy atom. The van der Waals surface area contributed by atoms with E-state index in [-0.39, 0.29) is 35.6 Å². The zero-order valence-electron chi connectivity index (χ0n) is 24.8. The number of ether oxygens (including phenoxy) is 5. The van der Waals surface area contributed by atoms with E-state index in [1.165, 1.54) is 11.1 Å². The molecule has 4 fully saturated rings. The highest BCUT2D eigenvalue weighted by molar-refractivity contribution is 5.22. The molecule has 220 valence electrons. The van der Waals surface area contributed by atoms with E-state index in [1.807, 2.05) is 0 Å². The third kappa shape index (κ3) is 5.72. The fraction of sp³-hybridized carbons (Fsp3) is 0.556. The van der Waals surface area contributed by atoms with E-state index < -0.39 is 0 Å². The fourth-order valence-corrected chi connectivity index (χ4v) is 7.93. The second kappa shape index (κ2) is 12.1. The first-order valence-electron chi connectivity index (χ1n) is 15.5. The van der Waals surface area contributed by atoms with Crippen LogP contribution in [0, 0.1) is 11.8 Å². The van der Waals surface area contributed by atoms with E-state index in [0.29, 0.717) is 25.4 Å². The zero-order chi connectivity index (χ0) is 28.5. The Bertz CT molecular complexity index is 1100. The molecule has 8 unspecified atom stereocenters. The van der Waals surface area contributed by atoms with Crippen LogP contribution in [0.1, 0.15) is 63.5 Å². The van der Waals surface area contributed by atoms with Crippen LogP contribution < -0.4 is 0 Å². The van der Waals surface area contributed by atoms with Crippen LogP contribution in [0.25, 0.3) is 0 Å². The summed E-state index contributed by atoms with van der Waals surface area (Å²) in [5, 5.41) is 0. The highest BCUT2D eigenvalue weighted by Crippen LogP contribution is 2.48. The maximum Gasteiger partial charge on any atom is 0.148 e. The lowest BCUT2D eigenvalue weighted by Gasteiger charge is -2.45. The third-order valence-electron chi connectivity index (χ3n) is 10.4. The number of fused-ring (bicyclic) bond motifs is 2. The van der Waals surface area contributed by atoms with Gasteiger partial charge in [0.1, 0.15) is 24.8 Å². The minimum absolute atomic E-state index is 0.0306. The maximum atomic E-state index is 7.38. The molecule has 41 heavy (non-hydrogen) atoms. The van der Waals surface area contributed by atoms with E-state index in [9.17, 15) is 0 Å². The lowest BCUT2D eigenvalue weighted by Crippen LogP contribution is -2.50. The quantitative estimate of drug-likeness (QED) is 0.289. The highest BCUT2D eigenvalue weighted by atomic mass is 16.7. The largest absolute Gasteiger partial charge is 0.374 e. The molecule has 2 aromatic rings. The molecule has 8 atom stereocenters. The minimum Gasteiger partial charge on any atom is -0.374 e. The van der Waals surface area contributed by atoms with Gasteiger partial charge in [-0.2, -0.15) is 0 Å². The molecule has 5 heteroatoms. The van der Waals surface area contributed by atoms with Gasteiger partial charge in [-0.05, 0) is 99.3 Å². The molecule has 2 heterocycles. The summed E-state index contributed by atoms with van der Waals surface area (Å²) in [4.78, 5) is 0. The van der Waals surface area contributed by atoms with Crippen molar-refractivity contribution in [2.45, 2.75) is 101 Å². The van der Waals surface area contributed by atoms with Crippen molar-refractivity contribution in [1.82, 2.24) is 0 Å². The van der Waals surface area contributed by atoms with Gasteiger partial charge in [-0.3, -0.25) is 0 Å². The van der Waals surface area contributed by atoms with Crippen LogP contribution >= 0.6 is 0 Å². The Morgan fingerprint density at radius 3 is 1.54 bits per heavy atom. The molecular formula is C36H46O5. The molecule has 5 nitrogen and oxygen atoms in total. The van der Waals surface area contributed by atoms with Gasteiger partial charge in [0, 0.05) is 0 Å². The Kier molecular flexibility index (Phi) is 8.54. The summed E-state index contributed by atoms with van der Waals surface area (Å²) in [6, 6.07) is 21.6. The molecule has 4 aliphatic rings. The summed E-state index contributed by atoms with van der Waals surface area (Å²) in [5.41, 5.74) is 4.06. The monoisotopic (exact) mass is 558 g/mol. The first-order chi connectivity index (χ1) is 19.9. The molecule has 2 aromatic carbocycles. The molecule has 0 radical (unpaired) electrons. The van der Waals surface area contributed by atoms with Gasteiger partial charge in [0.05, 0.1) is 24.4 Å². The van der Waals surface area contributed by atoms with Crippen LogP contribution in [0.15, 0.2) is 85.0 Å². The SMILES string of the molecule is C=C(C)C12CCC(C(Cc3ccccc3)OC(Cc3ccccc3)C3CCC4(C(=C)C)OCOC4C3)CC1OCO2. The van der Waals surface area contributed by atoms with E-state index >= 15 is 0 Å². The van der Waals surface area contributed by atoms with E-state index in [0.717, 1.165) is 62.5 Å². The average molecular weight is 559 g/mol. The molecule has 6 rings (SSSR count). The number of benzene rings is 2. The van der Waals surface area contributed by atoms with E-state index in [1.54, 1.807) is 0 Å². The van der Waals surface area contributed by atoms with Crippen molar-refractivity contribution in [3.05, 3.63) is 96.1 Å². The van der Waals surface area contributed by atoms with Crippen molar-refractivity contribution in [3.8, 4) is 0 Å². The fourth-order valence-electron chi connectivity index (χ4n) is 7.93. The number of rotatable bonds is 10. The second-order valence-corrected chi connectivity index (χ2v) is 12.8. The van der Waals surface area contributed by atoms with E-state index in [2.05, 4.69) is 87.7 Å². The van der Waals surface area contributed by atoms with Crippen LogP contribution in [0.2, 0.25) is 0 Å². The summed E-state index contributed by atoms with van der Waals surface area (Å²) in [6.07, 6.45) is 7.74. The minimum atomic E-state index is -0.355. The summed E-state index contributed by atoms with van der Waals surface area (Å²) in [7, 11) is 0. The van der Waals surface area contributed by atoms with Crippen LogP contribution in [-0.2, 0) is 36.5 Å². The van der Waals surface area contributed by atoms with Gasteiger partial charge in [-0.1, -0.05) is 73.8 Å². The maximum absolute atomic E-state index is 7.38. The van der Waals surface area contributed by atoms with Gasteiger partial charge >= 0.3 is 0 Å². The van der Waals surface area contributed by atoms with Gasteiger partial charge in [0.15, 0.2) is 0 Å². The molecule has 0 N–H and O–H groups in total. The average Bonchev–Trinajstić information content (AvgIpc) is 3.62. The van der Waals surface area contributed by atoms with Crippen molar-refractivity contribution >= 4 is 0 Å². The summed E-state index contributed by atoms with van der Waals surface area (Å²) in [6.45, 7) is 13.4. The predicted octanol–water partition coefficient (Wildman–Crippen LogP) is 7.20. The Morgan fingerprint density at radius 1 is 0.732 bits per heavy atom. The third-order valence-corrected chi connectivity index (χ3v) is 10.4. The molecule has 2 saturated heterocycles. The molecular weight excluding hydrogens is 512 g/mol. The molecule has 2 aliphatic heterocycles. The van der Waals surface area contributed by atoms with Crippen LogP contribution in [0.5, 0.6) is 0 Å². The Labute approximate surface area is 245 Å². The first kappa shape index (κ1) is 28.8. The lowest BCUT2D eigenvalue weighted by molar-refractivity contribution is -0.111. The zero-order valence-corrected chi connectivity index (χ0v) is 24.8.